The van der Waals surface area contributed by atoms with Crippen molar-refractivity contribution < 1.29 is 53.4 Å². The second-order valence-electron chi connectivity index (χ2n) is 14.6. The summed E-state index contributed by atoms with van der Waals surface area (Å²) in [6, 6.07) is -3.98. The maximum Gasteiger partial charge on any atom is 0.246 e. The predicted octanol–water partition coefficient (Wildman–Crippen LogP) is -3.91. The number of primary amides is 1. The standard InChI is InChI=1S/C36H48N10O11S/c1-4-15(2)29-34(56)39-11-27(50)41-24-14-58-35-20(19-6-5-17(47)7-21(19)44-35)9-22(31(53)38-12-28(51)45-29)42-30(52)16(3)40-33(55)25-8-18(48)13-46(25)36(57)23(10-26(37)49)43-32(24)54/h5-7,15-16,18,22-25,29,44,47-48H,4,8-14H2,1-3H3,(H2,37,49)(H,38,53)(H,39,56)(H,40,55)(H,41,50)(H,42,52)(H,43,54)(H,45,51)/t15?,16-,18-,22+,23+,24+,25+,29+/m1/s1. The molecular formula is C36H48N10O11S. The van der Waals surface area contributed by atoms with E-state index in [4.69, 9.17) is 5.73 Å². The number of nitrogens with zero attached hydrogens (tertiary/aromatic N) is 1. The Balaban J connectivity index is 1.64. The van der Waals surface area contributed by atoms with Crippen LogP contribution in [0.1, 0.15) is 45.6 Å². The predicted molar refractivity (Wildman–Crippen MR) is 205 cm³/mol. The molecule has 5 rings (SSSR count). The first-order valence-corrected chi connectivity index (χ1v) is 19.7. The number of rotatable bonds is 4. The second-order valence-corrected chi connectivity index (χ2v) is 15.6. The van der Waals surface area contributed by atoms with E-state index in [0.717, 1.165) is 16.7 Å². The molecule has 0 aliphatic carbocycles. The van der Waals surface area contributed by atoms with Crippen LogP contribution < -0.4 is 43.0 Å². The van der Waals surface area contributed by atoms with Crippen LogP contribution in [0.25, 0.3) is 10.9 Å². The van der Waals surface area contributed by atoms with Crippen LogP contribution in [0.15, 0.2) is 23.2 Å². The average molecular weight is 829 g/mol. The van der Waals surface area contributed by atoms with E-state index in [1.807, 2.05) is 0 Å². The summed E-state index contributed by atoms with van der Waals surface area (Å²) in [4.78, 5) is 125. The highest BCUT2D eigenvalue weighted by Crippen LogP contribution is 2.33. The fraction of sp³-hybridized carbons (Fsp3) is 0.528. The molecule has 2 bridgehead atoms. The molecule has 9 amide bonds. The van der Waals surface area contributed by atoms with Gasteiger partial charge in [0.2, 0.25) is 53.2 Å². The van der Waals surface area contributed by atoms with Gasteiger partial charge in [-0.2, -0.15) is 0 Å². The van der Waals surface area contributed by atoms with Gasteiger partial charge in [-0.25, -0.2) is 0 Å². The van der Waals surface area contributed by atoms with Crippen molar-refractivity contribution in [3.8, 4) is 5.75 Å². The lowest BCUT2D eigenvalue weighted by molar-refractivity contribution is -0.143. The van der Waals surface area contributed by atoms with E-state index in [-0.39, 0.29) is 30.9 Å². The number of fused-ring (bicyclic) bond motifs is 5. The van der Waals surface area contributed by atoms with Gasteiger partial charge in [-0.1, -0.05) is 20.3 Å². The fourth-order valence-corrected chi connectivity index (χ4v) is 8.02. The number of thioether (sulfide) groups is 1. The van der Waals surface area contributed by atoms with E-state index in [9.17, 15) is 53.4 Å². The topological polar surface area (TPSA) is 323 Å². The van der Waals surface area contributed by atoms with Crippen LogP contribution in [0.4, 0.5) is 0 Å². The first-order valence-electron chi connectivity index (χ1n) is 18.7. The number of benzene rings is 1. The SMILES string of the molecule is CCC(C)[C@@H]1NC(=O)CNC(=O)[C@@H]2Cc3c([nH]c4cc(O)ccc34)SC[C@H](NC(=O)CNC1=O)C(=O)N[C@@H](CC(N)=O)C(=O)N1C[C@H](O)C[C@H]1C(=O)N[C@H](C)C(=O)N2. The Morgan fingerprint density at radius 3 is 2.28 bits per heavy atom. The zero-order valence-electron chi connectivity index (χ0n) is 32.0. The number of aromatic amines is 1. The zero-order chi connectivity index (χ0) is 42.4. The maximum atomic E-state index is 14.1. The summed E-state index contributed by atoms with van der Waals surface area (Å²) < 4.78 is 0. The van der Waals surface area contributed by atoms with Crippen LogP contribution in [-0.4, -0.2) is 141 Å². The first-order chi connectivity index (χ1) is 27.4. The number of nitrogens with one attached hydrogen (secondary N) is 8. The van der Waals surface area contributed by atoms with Crippen molar-refractivity contribution in [3.63, 3.8) is 0 Å². The van der Waals surface area contributed by atoms with Crippen LogP contribution in [0.3, 0.4) is 0 Å². The normalized spacial score (nSPS) is 27.8. The van der Waals surface area contributed by atoms with E-state index in [1.165, 1.54) is 19.1 Å². The quantitative estimate of drug-likeness (QED) is 0.141. The van der Waals surface area contributed by atoms with Crippen molar-refractivity contribution in [1.29, 1.82) is 0 Å². The number of aromatic hydroxyl groups is 1. The molecule has 4 heterocycles. The molecule has 1 aromatic carbocycles. The third-order valence-electron chi connectivity index (χ3n) is 10.2. The molecule has 3 aliphatic heterocycles. The molecule has 12 N–H and O–H groups in total. The van der Waals surface area contributed by atoms with Gasteiger partial charge in [0.1, 0.15) is 42.0 Å². The van der Waals surface area contributed by atoms with Gasteiger partial charge in [0, 0.05) is 36.6 Å². The lowest BCUT2D eigenvalue weighted by Gasteiger charge is -2.30. The Hall–Kier alpha value is -5.90. The van der Waals surface area contributed by atoms with Gasteiger partial charge in [0.25, 0.3) is 0 Å². The molecule has 58 heavy (non-hydrogen) atoms. The third-order valence-corrected chi connectivity index (χ3v) is 11.4. The molecule has 1 unspecified atom stereocenters. The monoisotopic (exact) mass is 828 g/mol. The Bertz CT molecular complexity index is 1990. The molecule has 1 aromatic heterocycles. The third kappa shape index (κ3) is 10.3. The molecule has 2 aromatic rings. The van der Waals surface area contributed by atoms with Crippen molar-refractivity contribution in [2.24, 2.45) is 11.7 Å². The van der Waals surface area contributed by atoms with E-state index in [0.29, 0.717) is 27.9 Å². The molecule has 0 spiro atoms. The van der Waals surface area contributed by atoms with Crippen LogP contribution >= 0.6 is 11.8 Å². The van der Waals surface area contributed by atoms with Crippen molar-refractivity contribution in [2.75, 3.05) is 25.4 Å². The number of carbonyl (C=O) groups excluding carboxylic acids is 9. The van der Waals surface area contributed by atoms with Crippen molar-refractivity contribution in [3.05, 3.63) is 23.8 Å². The average Bonchev–Trinajstić information content (AvgIpc) is 3.73. The van der Waals surface area contributed by atoms with Crippen LogP contribution in [0.2, 0.25) is 0 Å². The van der Waals surface area contributed by atoms with Gasteiger partial charge in [-0.05, 0) is 30.5 Å². The summed E-state index contributed by atoms with van der Waals surface area (Å²) in [6.07, 6.45) is -1.97. The Labute approximate surface area is 336 Å². The van der Waals surface area contributed by atoms with E-state index in [1.54, 1.807) is 19.9 Å². The van der Waals surface area contributed by atoms with Crippen molar-refractivity contribution in [2.45, 2.75) is 93.8 Å². The number of H-pyrrole nitrogens is 1. The zero-order valence-corrected chi connectivity index (χ0v) is 32.8. The summed E-state index contributed by atoms with van der Waals surface area (Å²) >= 11 is 0.998. The molecule has 0 saturated carbocycles. The van der Waals surface area contributed by atoms with Crippen LogP contribution in [0, 0.1) is 5.92 Å². The Morgan fingerprint density at radius 2 is 1.59 bits per heavy atom. The number of amides is 9. The molecule has 8 atom stereocenters. The van der Waals surface area contributed by atoms with Crippen molar-refractivity contribution >= 4 is 75.8 Å². The lowest BCUT2D eigenvalue weighted by atomic mass is 9.98. The second kappa shape index (κ2) is 18.6. The van der Waals surface area contributed by atoms with Gasteiger partial charge in [-0.15, -0.1) is 11.8 Å². The summed E-state index contributed by atoms with van der Waals surface area (Å²) in [5, 5.41) is 39.3. The molecular weight excluding hydrogens is 781 g/mol. The number of hydrogen-bond donors (Lipinski definition) is 11. The van der Waals surface area contributed by atoms with E-state index in [2.05, 4.69) is 42.2 Å². The Kier molecular flexibility index (Phi) is 13.8. The Morgan fingerprint density at radius 1 is 0.897 bits per heavy atom. The van der Waals surface area contributed by atoms with Gasteiger partial charge < -0.3 is 63.0 Å². The van der Waals surface area contributed by atoms with Crippen LogP contribution in [-0.2, 0) is 49.6 Å². The lowest BCUT2D eigenvalue weighted by Crippen LogP contribution is -2.60. The van der Waals surface area contributed by atoms with E-state index < -0.39 is 121 Å². The molecule has 1 fully saturated rings. The van der Waals surface area contributed by atoms with Gasteiger partial charge in [0.05, 0.1) is 36.2 Å². The number of aromatic nitrogens is 1. The minimum absolute atomic E-state index is 0.105. The smallest absolute Gasteiger partial charge is 0.246 e. The number of aliphatic hydroxyl groups excluding tert-OH is 1. The molecule has 22 heteroatoms. The van der Waals surface area contributed by atoms with Crippen LogP contribution in [0.5, 0.6) is 5.75 Å². The molecule has 3 aliphatic rings. The minimum atomic E-state index is -1.66. The van der Waals surface area contributed by atoms with E-state index >= 15 is 0 Å². The molecule has 21 nitrogen and oxygen atoms in total. The fourth-order valence-electron chi connectivity index (χ4n) is 6.90. The number of phenolic OH excluding ortho intramolecular Hbond substituents is 1. The van der Waals surface area contributed by atoms with Crippen molar-refractivity contribution in [1.82, 2.24) is 47.1 Å². The number of nitrogens with two attached hydrogens (primary N) is 1. The summed E-state index contributed by atoms with van der Waals surface area (Å²) in [5.41, 5.74) is 6.30. The largest absolute Gasteiger partial charge is 0.508 e. The minimum Gasteiger partial charge on any atom is -0.508 e. The highest BCUT2D eigenvalue weighted by Gasteiger charge is 2.43. The van der Waals surface area contributed by atoms with Gasteiger partial charge >= 0.3 is 0 Å². The highest BCUT2D eigenvalue weighted by molar-refractivity contribution is 7.99. The molecule has 314 valence electrons. The molecule has 1 saturated heterocycles. The maximum absolute atomic E-state index is 14.1. The first kappa shape index (κ1) is 43.2. The number of phenols is 1. The summed E-state index contributed by atoms with van der Waals surface area (Å²) in [6.45, 7) is 3.18. The number of carbonyl (C=O) groups is 9. The summed E-state index contributed by atoms with van der Waals surface area (Å²) in [7, 11) is 0. The number of aliphatic hydroxyl groups is 1. The highest BCUT2D eigenvalue weighted by atomic mass is 32.2. The van der Waals surface area contributed by atoms with Gasteiger partial charge in [-0.3, -0.25) is 43.2 Å². The number of hydrogen-bond acceptors (Lipinski definition) is 12. The molecule has 0 radical (unpaired) electrons. The van der Waals surface area contributed by atoms with Gasteiger partial charge in [0.15, 0.2) is 0 Å². The summed E-state index contributed by atoms with van der Waals surface area (Å²) in [5.74, 6) is -8.51.